The molecule has 0 aliphatic rings. The van der Waals surface area contributed by atoms with E-state index in [2.05, 4.69) is 15.4 Å². The van der Waals surface area contributed by atoms with E-state index in [9.17, 15) is 26.7 Å². The van der Waals surface area contributed by atoms with E-state index in [1.54, 1.807) is 0 Å². The van der Waals surface area contributed by atoms with Crippen LogP contribution in [0.3, 0.4) is 0 Å². The van der Waals surface area contributed by atoms with Gasteiger partial charge in [0.15, 0.2) is 17.1 Å². The van der Waals surface area contributed by atoms with Crippen LogP contribution in [-0.2, 0) is 6.18 Å². The topological polar surface area (TPSA) is 72.4 Å². The highest BCUT2D eigenvalue weighted by atomic mass is 19.4. The number of alkyl halides is 3. The number of nitrogens with one attached hydrogen (secondary N) is 1. The summed E-state index contributed by atoms with van der Waals surface area (Å²) >= 11 is 0. The van der Waals surface area contributed by atoms with Gasteiger partial charge in [0.25, 0.3) is 5.91 Å². The van der Waals surface area contributed by atoms with Crippen LogP contribution in [0.4, 0.5) is 27.6 Å². The summed E-state index contributed by atoms with van der Waals surface area (Å²) in [5.74, 6) is -2.82. The van der Waals surface area contributed by atoms with Crippen molar-refractivity contribution < 1.29 is 31.2 Å². The van der Waals surface area contributed by atoms with Crippen LogP contribution in [0.15, 0.2) is 53.3 Å². The molecule has 1 N–H and O–H groups in total. The zero-order valence-corrected chi connectivity index (χ0v) is 14.2. The zero-order valence-electron chi connectivity index (χ0n) is 14.2. The van der Waals surface area contributed by atoms with Gasteiger partial charge in [-0.3, -0.25) is 4.79 Å². The van der Waals surface area contributed by atoms with Crippen molar-refractivity contribution in [1.82, 2.24) is 14.6 Å². The molecule has 148 valence electrons. The zero-order chi connectivity index (χ0) is 20.8. The van der Waals surface area contributed by atoms with Crippen LogP contribution < -0.4 is 5.32 Å². The molecular formula is C18H9F5N4O2. The van der Waals surface area contributed by atoms with Gasteiger partial charge in [0, 0.05) is 6.07 Å². The number of amides is 1. The Morgan fingerprint density at radius 2 is 1.93 bits per heavy atom. The monoisotopic (exact) mass is 408 g/mol. The van der Waals surface area contributed by atoms with Crippen LogP contribution in [-0.4, -0.2) is 20.5 Å². The number of halogens is 5. The minimum Gasteiger partial charge on any atom is -0.463 e. The van der Waals surface area contributed by atoms with Gasteiger partial charge < -0.3 is 9.73 Å². The number of carbonyl (C=O) groups is 1. The molecule has 29 heavy (non-hydrogen) atoms. The molecule has 0 atom stereocenters. The first kappa shape index (κ1) is 18.6. The maximum Gasteiger partial charge on any atom is 0.433 e. The number of carbonyl (C=O) groups excluding carboxylic acids is 1. The van der Waals surface area contributed by atoms with Crippen molar-refractivity contribution in [3.8, 4) is 11.5 Å². The molecule has 6 nitrogen and oxygen atoms in total. The van der Waals surface area contributed by atoms with E-state index in [4.69, 9.17) is 4.42 Å². The van der Waals surface area contributed by atoms with Crippen molar-refractivity contribution >= 4 is 17.2 Å². The molecule has 0 fully saturated rings. The fourth-order valence-corrected chi connectivity index (χ4v) is 2.66. The number of fused-ring (bicyclic) bond motifs is 1. The van der Waals surface area contributed by atoms with Gasteiger partial charge >= 0.3 is 6.18 Å². The van der Waals surface area contributed by atoms with Gasteiger partial charge in [0.2, 0.25) is 0 Å². The predicted octanol–water partition coefficient (Wildman–Crippen LogP) is 4.54. The standard InChI is InChI=1S/C18H9F5N4O2/c19-9-3-4-12(11(20)6-9)26-17(28)10-8-24-27-15(18(21,22)23)7-13(25-16(10)27)14-2-1-5-29-14/h1-8H,(H,26,28). The number of aromatic nitrogens is 3. The second-order valence-corrected chi connectivity index (χ2v) is 5.87. The van der Waals surface area contributed by atoms with Crippen LogP contribution in [0, 0.1) is 11.6 Å². The Hall–Kier alpha value is -3.76. The highest BCUT2D eigenvalue weighted by Crippen LogP contribution is 2.33. The highest BCUT2D eigenvalue weighted by Gasteiger charge is 2.36. The lowest BCUT2D eigenvalue weighted by atomic mass is 10.2. The largest absolute Gasteiger partial charge is 0.463 e. The van der Waals surface area contributed by atoms with Crippen molar-refractivity contribution in [3.63, 3.8) is 0 Å². The Kier molecular flexibility index (Phi) is 4.29. The van der Waals surface area contributed by atoms with Gasteiger partial charge in [-0.25, -0.2) is 18.3 Å². The van der Waals surface area contributed by atoms with Crippen LogP contribution in [0.2, 0.25) is 0 Å². The Morgan fingerprint density at radius 1 is 1.14 bits per heavy atom. The highest BCUT2D eigenvalue weighted by molar-refractivity contribution is 6.08. The number of nitrogens with zero attached hydrogens (tertiary/aromatic N) is 3. The fourth-order valence-electron chi connectivity index (χ4n) is 2.66. The third-order valence-corrected chi connectivity index (χ3v) is 3.96. The summed E-state index contributed by atoms with van der Waals surface area (Å²) in [7, 11) is 0. The molecule has 0 aliphatic heterocycles. The second-order valence-electron chi connectivity index (χ2n) is 5.87. The van der Waals surface area contributed by atoms with Gasteiger partial charge in [-0.1, -0.05) is 0 Å². The van der Waals surface area contributed by atoms with Crippen LogP contribution in [0.5, 0.6) is 0 Å². The second kappa shape index (κ2) is 6.69. The molecule has 0 saturated carbocycles. The van der Waals surface area contributed by atoms with Crippen LogP contribution in [0.1, 0.15) is 16.1 Å². The Morgan fingerprint density at radius 3 is 2.59 bits per heavy atom. The molecule has 3 aromatic heterocycles. The molecule has 0 aliphatic carbocycles. The van der Waals surface area contributed by atoms with Crippen molar-refractivity contribution in [2.45, 2.75) is 6.18 Å². The summed E-state index contributed by atoms with van der Waals surface area (Å²) in [6, 6.07) is 6.07. The van der Waals surface area contributed by atoms with Crippen LogP contribution in [0.25, 0.3) is 17.1 Å². The maximum absolute atomic E-state index is 13.8. The van der Waals surface area contributed by atoms with Gasteiger partial charge in [0.05, 0.1) is 18.1 Å². The first-order valence-electron chi connectivity index (χ1n) is 8.00. The number of benzene rings is 1. The minimum absolute atomic E-state index is 0.0511. The lowest BCUT2D eigenvalue weighted by Crippen LogP contribution is -2.16. The molecule has 0 spiro atoms. The van der Waals surface area contributed by atoms with E-state index < -0.39 is 35.1 Å². The number of furan rings is 1. The summed E-state index contributed by atoms with van der Waals surface area (Å²) in [4.78, 5) is 16.6. The summed E-state index contributed by atoms with van der Waals surface area (Å²) in [6.07, 6.45) is -2.67. The smallest absolute Gasteiger partial charge is 0.433 e. The fraction of sp³-hybridized carbons (Fsp3) is 0.0556. The van der Waals surface area contributed by atoms with Crippen molar-refractivity contribution in [3.05, 3.63) is 71.8 Å². The molecule has 0 unspecified atom stereocenters. The van der Waals surface area contributed by atoms with Crippen molar-refractivity contribution in [2.75, 3.05) is 5.32 Å². The Labute approximate surface area is 158 Å². The summed E-state index contributed by atoms with van der Waals surface area (Å²) in [5, 5.41) is 5.76. The predicted molar refractivity (Wildman–Crippen MR) is 90.0 cm³/mol. The lowest BCUT2D eigenvalue weighted by Gasteiger charge is -2.11. The summed E-state index contributed by atoms with van der Waals surface area (Å²) in [6.45, 7) is 0. The van der Waals surface area contributed by atoms with E-state index in [0.717, 1.165) is 24.4 Å². The molecule has 0 radical (unpaired) electrons. The maximum atomic E-state index is 13.8. The van der Waals surface area contributed by atoms with Crippen LogP contribution >= 0.6 is 0 Å². The number of rotatable bonds is 3. The van der Waals surface area contributed by atoms with Gasteiger partial charge in [0.1, 0.15) is 22.9 Å². The molecule has 4 aromatic rings. The van der Waals surface area contributed by atoms with Crippen molar-refractivity contribution in [2.24, 2.45) is 0 Å². The SMILES string of the molecule is O=C(Nc1ccc(F)cc1F)c1cnn2c(C(F)(F)F)cc(-c3ccco3)nc12. The number of anilines is 1. The Balaban J connectivity index is 1.83. The average Bonchev–Trinajstić information content (AvgIpc) is 3.31. The van der Waals surface area contributed by atoms with Crippen molar-refractivity contribution in [1.29, 1.82) is 0 Å². The van der Waals surface area contributed by atoms with E-state index >= 15 is 0 Å². The van der Waals surface area contributed by atoms with E-state index in [1.165, 1.54) is 18.4 Å². The first-order valence-corrected chi connectivity index (χ1v) is 8.00. The average molecular weight is 408 g/mol. The summed E-state index contributed by atoms with van der Waals surface area (Å²) in [5.41, 5.74) is -2.45. The quantitative estimate of drug-likeness (QED) is 0.506. The molecular weight excluding hydrogens is 399 g/mol. The third kappa shape index (κ3) is 3.42. The lowest BCUT2D eigenvalue weighted by molar-refractivity contribution is -0.142. The minimum atomic E-state index is -4.80. The van der Waals surface area contributed by atoms with E-state index in [-0.39, 0.29) is 22.7 Å². The molecule has 0 saturated heterocycles. The van der Waals surface area contributed by atoms with E-state index in [0.29, 0.717) is 10.6 Å². The first-order chi connectivity index (χ1) is 13.7. The van der Waals surface area contributed by atoms with Gasteiger partial charge in [-0.05, 0) is 30.3 Å². The van der Waals surface area contributed by atoms with E-state index in [1.807, 2.05) is 0 Å². The summed E-state index contributed by atoms with van der Waals surface area (Å²) < 4.78 is 72.8. The molecule has 4 rings (SSSR count). The molecule has 1 aromatic carbocycles. The number of hydrogen-bond donors (Lipinski definition) is 1. The molecule has 0 bridgehead atoms. The number of hydrogen-bond acceptors (Lipinski definition) is 4. The molecule has 3 heterocycles. The molecule has 1 amide bonds. The molecule has 11 heteroatoms. The third-order valence-electron chi connectivity index (χ3n) is 3.96. The van der Waals surface area contributed by atoms with Gasteiger partial charge in [-0.2, -0.15) is 18.3 Å². The Bertz CT molecular complexity index is 1220. The van der Waals surface area contributed by atoms with Gasteiger partial charge in [-0.15, -0.1) is 0 Å². The normalized spacial score (nSPS) is 11.8.